The fourth-order valence-electron chi connectivity index (χ4n) is 4.77. The first-order valence-corrected chi connectivity index (χ1v) is 17.1. The highest BCUT2D eigenvalue weighted by atomic mass is 32.2. The van der Waals surface area contributed by atoms with E-state index in [0.717, 1.165) is 39.5 Å². The van der Waals surface area contributed by atoms with Crippen LogP contribution in [-0.4, -0.2) is 47.1 Å². The largest absolute Gasteiger partial charge is 0.488 e. The van der Waals surface area contributed by atoms with Gasteiger partial charge in [-0.1, -0.05) is 62.7 Å². The molecule has 0 atom stereocenters. The van der Waals surface area contributed by atoms with E-state index in [1.54, 1.807) is 35.1 Å². The third-order valence-corrected chi connectivity index (χ3v) is 8.26. The van der Waals surface area contributed by atoms with E-state index in [1.165, 1.54) is 0 Å². The fourth-order valence-corrected chi connectivity index (χ4v) is 5.33. The van der Waals surface area contributed by atoms with Gasteiger partial charge in [-0.15, -0.1) is 0 Å². The quantitative estimate of drug-likeness (QED) is 0.153. The Morgan fingerprint density at radius 2 is 1.62 bits per heavy atom. The van der Waals surface area contributed by atoms with Crippen LogP contribution in [0.3, 0.4) is 0 Å². The van der Waals surface area contributed by atoms with Crippen molar-refractivity contribution in [2.75, 3.05) is 28.0 Å². The van der Waals surface area contributed by atoms with Crippen LogP contribution in [0.1, 0.15) is 44.0 Å². The van der Waals surface area contributed by atoms with E-state index in [0.29, 0.717) is 23.1 Å². The first-order valence-electron chi connectivity index (χ1n) is 15.1. The molecule has 2 heterocycles. The third-order valence-electron chi connectivity index (χ3n) is 7.32. The van der Waals surface area contributed by atoms with Gasteiger partial charge in [0.1, 0.15) is 33.8 Å². The Morgan fingerprint density at radius 1 is 0.894 bits per heavy atom. The molecular weight excluding hydrogens is 616 g/mol. The summed E-state index contributed by atoms with van der Waals surface area (Å²) in [6.07, 6.45) is 2.48. The number of benzene rings is 3. The highest BCUT2D eigenvalue weighted by molar-refractivity contribution is 7.90. The number of amides is 3. The van der Waals surface area contributed by atoms with Crippen LogP contribution in [0.4, 0.5) is 22.1 Å². The first-order chi connectivity index (χ1) is 22.2. The lowest BCUT2D eigenvalue weighted by molar-refractivity contribution is -0.115. The number of nitrogens with one attached hydrogen (secondary N) is 3. The van der Waals surface area contributed by atoms with Crippen LogP contribution in [0.25, 0.3) is 16.5 Å². The SMILES string of the molecule is Cc1ccc(-n2nc(C(C)(C)C)cc2NC(=O)Nc2ccc(OCc3ccnc(NC(=O)CCS(C)(=O)=O)c3)c3ccccc23)cc1. The minimum absolute atomic E-state index is 0.153. The average Bonchev–Trinajstić information content (AvgIpc) is 3.44. The molecule has 47 heavy (non-hydrogen) atoms. The summed E-state index contributed by atoms with van der Waals surface area (Å²) in [6.45, 7) is 8.43. The molecule has 12 heteroatoms. The Bertz CT molecular complexity index is 2030. The molecule has 0 aliphatic carbocycles. The fraction of sp³-hybridized carbons (Fsp3) is 0.257. The second-order valence-corrected chi connectivity index (χ2v) is 14.7. The van der Waals surface area contributed by atoms with E-state index in [2.05, 4.69) is 41.7 Å². The normalized spacial score (nSPS) is 11.7. The standard InChI is InChI=1S/C35H38N6O5S/c1-23-10-12-25(13-11-23)41-32(21-30(40-41)35(2,3)4)39-34(43)37-28-14-15-29(27-9-7-6-8-26(27)28)46-22-24-16-18-36-31(20-24)38-33(42)17-19-47(5,44)45/h6-16,18,20-21H,17,19,22H2,1-5H3,(H,36,38,42)(H2,37,39,43). The molecular formula is C35H38N6O5S. The highest BCUT2D eigenvalue weighted by Gasteiger charge is 2.22. The number of aromatic nitrogens is 3. The summed E-state index contributed by atoms with van der Waals surface area (Å²) in [4.78, 5) is 29.7. The number of urea groups is 1. The number of pyridine rings is 1. The predicted molar refractivity (Wildman–Crippen MR) is 185 cm³/mol. The van der Waals surface area contributed by atoms with Crippen LogP contribution in [0.2, 0.25) is 0 Å². The number of nitrogens with zero attached hydrogens (tertiary/aromatic N) is 3. The lowest BCUT2D eigenvalue weighted by atomic mass is 9.92. The molecule has 0 fully saturated rings. The summed E-state index contributed by atoms with van der Waals surface area (Å²) in [5, 5.41) is 15.0. The average molecular weight is 655 g/mol. The highest BCUT2D eigenvalue weighted by Crippen LogP contribution is 2.33. The number of sulfone groups is 1. The van der Waals surface area contributed by atoms with Crippen LogP contribution in [0, 0.1) is 6.92 Å². The molecule has 3 amide bonds. The third kappa shape index (κ3) is 8.73. The van der Waals surface area contributed by atoms with Gasteiger partial charge in [0.05, 0.1) is 22.8 Å². The van der Waals surface area contributed by atoms with Gasteiger partial charge in [0.2, 0.25) is 5.91 Å². The molecule has 0 saturated heterocycles. The molecule has 2 aromatic heterocycles. The van der Waals surface area contributed by atoms with Crippen molar-refractivity contribution in [2.45, 2.75) is 46.1 Å². The molecule has 3 N–H and O–H groups in total. The predicted octanol–water partition coefficient (Wildman–Crippen LogP) is 6.62. The summed E-state index contributed by atoms with van der Waals surface area (Å²) in [7, 11) is -3.25. The van der Waals surface area contributed by atoms with Gasteiger partial charge in [0, 0.05) is 41.1 Å². The van der Waals surface area contributed by atoms with Crippen molar-refractivity contribution < 1.29 is 22.7 Å². The van der Waals surface area contributed by atoms with Crippen LogP contribution in [0.15, 0.2) is 85.1 Å². The molecule has 0 aliphatic heterocycles. The molecule has 0 bridgehead atoms. The monoisotopic (exact) mass is 654 g/mol. The van der Waals surface area contributed by atoms with E-state index in [9.17, 15) is 18.0 Å². The Morgan fingerprint density at radius 3 is 2.32 bits per heavy atom. The molecule has 0 radical (unpaired) electrons. The number of ether oxygens (including phenoxy) is 1. The summed E-state index contributed by atoms with van der Waals surface area (Å²) in [6, 6.07) is 24.0. The van der Waals surface area contributed by atoms with Gasteiger partial charge in [-0.3, -0.25) is 10.1 Å². The maximum atomic E-state index is 13.4. The van der Waals surface area contributed by atoms with Gasteiger partial charge in [-0.2, -0.15) is 5.10 Å². The minimum atomic E-state index is -3.25. The van der Waals surface area contributed by atoms with E-state index in [4.69, 9.17) is 9.84 Å². The maximum Gasteiger partial charge on any atom is 0.324 e. The zero-order valence-corrected chi connectivity index (χ0v) is 27.8. The van der Waals surface area contributed by atoms with Crippen molar-refractivity contribution in [1.29, 1.82) is 0 Å². The summed E-state index contributed by atoms with van der Waals surface area (Å²) < 4.78 is 30.6. The Kier molecular flexibility index (Phi) is 9.61. The smallest absolute Gasteiger partial charge is 0.324 e. The number of anilines is 3. The molecule has 0 aliphatic rings. The van der Waals surface area contributed by atoms with E-state index in [1.807, 2.05) is 61.5 Å². The summed E-state index contributed by atoms with van der Waals surface area (Å²) in [5.41, 5.74) is 3.94. The van der Waals surface area contributed by atoms with Gasteiger partial charge in [0.15, 0.2) is 0 Å². The first kappa shape index (κ1) is 33.1. The van der Waals surface area contributed by atoms with Gasteiger partial charge < -0.3 is 15.4 Å². The molecule has 0 spiro atoms. The second-order valence-electron chi connectivity index (χ2n) is 12.4. The Balaban J connectivity index is 1.30. The van der Waals surface area contributed by atoms with Crippen molar-refractivity contribution >= 4 is 49.9 Å². The number of carbonyl (C=O) groups is 2. The molecule has 0 saturated carbocycles. The lowest BCUT2D eigenvalue weighted by Crippen LogP contribution is -2.21. The molecule has 0 unspecified atom stereocenters. The zero-order chi connectivity index (χ0) is 33.8. The van der Waals surface area contributed by atoms with Gasteiger partial charge in [-0.05, 0) is 48.9 Å². The van der Waals surface area contributed by atoms with Crippen molar-refractivity contribution in [3.63, 3.8) is 0 Å². The Labute approximate surface area is 274 Å². The number of hydrogen-bond acceptors (Lipinski definition) is 7. The molecule has 3 aromatic carbocycles. The lowest BCUT2D eigenvalue weighted by Gasteiger charge is -2.15. The minimum Gasteiger partial charge on any atom is -0.488 e. The zero-order valence-electron chi connectivity index (χ0n) is 27.0. The van der Waals surface area contributed by atoms with Gasteiger partial charge in [0.25, 0.3) is 0 Å². The van der Waals surface area contributed by atoms with Crippen LogP contribution in [0.5, 0.6) is 5.75 Å². The Hall–Kier alpha value is -5.23. The number of rotatable bonds is 10. The number of hydrogen-bond donors (Lipinski definition) is 3. The van der Waals surface area contributed by atoms with Crippen LogP contribution >= 0.6 is 0 Å². The van der Waals surface area contributed by atoms with Crippen molar-refractivity contribution in [2.24, 2.45) is 0 Å². The maximum absolute atomic E-state index is 13.4. The van der Waals surface area contributed by atoms with E-state index in [-0.39, 0.29) is 24.2 Å². The van der Waals surface area contributed by atoms with Crippen molar-refractivity contribution in [3.8, 4) is 11.4 Å². The molecule has 244 valence electrons. The van der Waals surface area contributed by atoms with E-state index < -0.39 is 21.8 Å². The molecule has 5 rings (SSSR count). The number of aryl methyl sites for hydroxylation is 1. The molecule has 11 nitrogen and oxygen atoms in total. The van der Waals surface area contributed by atoms with Gasteiger partial charge in [-0.25, -0.2) is 22.9 Å². The second kappa shape index (κ2) is 13.6. The van der Waals surface area contributed by atoms with Crippen molar-refractivity contribution in [3.05, 3.63) is 102 Å². The number of fused-ring (bicyclic) bond motifs is 1. The number of carbonyl (C=O) groups excluding carboxylic acids is 2. The summed E-state index contributed by atoms with van der Waals surface area (Å²) in [5.74, 6) is 0.780. The van der Waals surface area contributed by atoms with Crippen LogP contribution in [-0.2, 0) is 26.7 Å². The van der Waals surface area contributed by atoms with Gasteiger partial charge >= 0.3 is 6.03 Å². The molecule has 5 aromatic rings. The van der Waals surface area contributed by atoms with Crippen molar-refractivity contribution in [1.82, 2.24) is 14.8 Å². The van der Waals surface area contributed by atoms with E-state index >= 15 is 0 Å². The topological polar surface area (TPSA) is 144 Å². The summed E-state index contributed by atoms with van der Waals surface area (Å²) >= 11 is 0. The van der Waals surface area contributed by atoms with Crippen LogP contribution < -0.4 is 20.7 Å².